The van der Waals surface area contributed by atoms with Crippen molar-refractivity contribution in [2.75, 3.05) is 4.90 Å². The molecule has 1 spiro atoms. The number of hydrogen-bond donors (Lipinski definition) is 0. The third kappa shape index (κ3) is 3.30. The molecule has 0 saturated carbocycles. The van der Waals surface area contributed by atoms with Crippen LogP contribution in [0.3, 0.4) is 0 Å². The first-order chi connectivity index (χ1) is 19.3. The fraction of sp³-hybridized carbons (Fsp3) is 0.147. The first kappa shape index (κ1) is 25.0. The number of ketones is 3. The van der Waals surface area contributed by atoms with Crippen molar-refractivity contribution in [3.63, 3.8) is 0 Å². The SMILES string of the molecule is Cc1ccc(C(=O)[C@@H]2[C@@H](c3ccc(Cl)cc3Cl)C3(C(=O)c4ccccc4C3=O)[C@@H]3C=Cc4ccccc4N23)cc1. The summed E-state index contributed by atoms with van der Waals surface area (Å²) in [6.07, 6.45) is 3.85. The first-order valence-corrected chi connectivity index (χ1v) is 13.9. The maximum atomic E-state index is 14.7. The van der Waals surface area contributed by atoms with E-state index >= 15 is 0 Å². The molecule has 3 atom stereocenters. The van der Waals surface area contributed by atoms with Crippen molar-refractivity contribution in [3.8, 4) is 0 Å². The van der Waals surface area contributed by atoms with Gasteiger partial charge in [0.05, 0.1) is 6.04 Å². The van der Waals surface area contributed by atoms with E-state index in [9.17, 15) is 14.4 Å². The second-order valence-electron chi connectivity index (χ2n) is 10.7. The van der Waals surface area contributed by atoms with E-state index < -0.39 is 23.4 Å². The highest BCUT2D eigenvalue weighted by Crippen LogP contribution is 2.61. The van der Waals surface area contributed by atoms with Gasteiger partial charge in [-0.15, -0.1) is 0 Å². The summed E-state index contributed by atoms with van der Waals surface area (Å²) in [5.41, 5.74) is 2.93. The number of hydrogen-bond acceptors (Lipinski definition) is 4. The molecule has 0 aromatic heterocycles. The second kappa shape index (κ2) is 9.02. The number of rotatable bonds is 3. The average molecular weight is 564 g/mol. The number of carbonyl (C=O) groups excluding carboxylic acids is 3. The number of halogens is 2. The van der Waals surface area contributed by atoms with Crippen molar-refractivity contribution in [1.29, 1.82) is 0 Å². The van der Waals surface area contributed by atoms with Gasteiger partial charge in [-0.05, 0) is 36.2 Å². The highest BCUT2D eigenvalue weighted by Gasteiger charge is 2.71. The predicted molar refractivity (Wildman–Crippen MR) is 158 cm³/mol. The van der Waals surface area contributed by atoms with Gasteiger partial charge in [0.15, 0.2) is 17.3 Å². The zero-order valence-corrected chi connectivity index (χ0v) is 23.0. The monoisotopic (exact) mass is 563 g/mol. The maximum absolute atomic E-state index is 14.7. The molecule has 1 fully saturated rings. The lowest BCUT2D eigenvalue weighted by Crippen LogP contribution is -2.48. The van der Waals surface area contributed by atoms with Crippen molar-refractivity contribution < 1.29 is 14.4 Å². The largest absolute Gasteiger partial charge is 0.352 e. The van der Waals surface area contributed by atoms with Crippen LogP contribution in [0, 0.1) is 12.3 Å². The fourth-order valence-electron chi connectivity index (χ4n) is 6.90. The minimum atomic E-state index is -1.60. The predicted octanol–water partition coefficient (Wildman–Crippen LogP) is 7.62. The molecule has 0 bridgehead atoms. The minimum Gasteiger partial charge on any atom is -0.352 e. The summed E-state index contributed by atoms with van der Waals surface area (Å²) < 4.78 is 0. The summed E-state index contributed by atoms with van der Waals surface area (Å²) >= 11 is 13.2. The molecule has 40 heavy (non-hydrogen) atoms. The molecular weight excluding hydrogens is 541 g/mol. The Labute approximate surface area is 241 Å². The Morgan fingerprint density at radius 3 is 2.15 bits per heavy atom. The van der Waals surface area contributed by atoms with Gasteiger partial charge in [-0.3, -0.25) is 14.4 Å². The van der Waals surface area contributed by atoms with Gasteiger partial charge in [-0.1, -0.05) is 114 Å². The highest BCUT2D eigenvalue weighted by molar-refractivity contribution is 6.36. The van der Waals surface area contributed by atoms with E-state index in [2.05, 4.69) is 0 Å². The minimum absolute atomic E-state index is 0.181. The average Bonchev–Trinajstić information content (AvgIpc) is 3.39. The summed E-state index contributed by atoms with van der Waals surface area (Å²) in [4.78, 5) is 45.9. The summed E-state index contributed by atoms with van der Waals surface area (Å²) in [6.45, 7) is 1.96. The molecule has 3 aliphatic rings. The Bertz CT molecular complexity index is 1740. The first-order valence-electron chi connectivity index (χ1n) is 13.1. The molecule has 0 unspecified atom stereocenters. The normalized spacial score (nSPS) is 21.9. The van der Waals surface area contributed by atoms with Gasteiger partial charge < -0.3 is 4.90 Å². The fourth-order valence-corrected chi connectivity index (χ4v) is 7.43. The number of aryl methyl sites for hydroxylation is 1. The van der Waals surface area contributed by atoms with Gasteiger partial charge in [0.25, 0.3) is 0 Å². The molecule has 1 saturated heterocycles. The molecule has 6 heteroatoms. The molecular formula is C34H23Cl2NO3. The quantitative estimate of drug-likeness (QED) is 0.190. The lowest BCUT2D eigenvalue weighted by atomic mass is 9.64. The van der Waals surface area contributed by atoms with Crippen molar-refractivity contribution in [2.45, 2.75) is 24.9 Å². The topological polar surface area (TPSA) is 54.5 Å². The Morgan fingerprint density at radius 2 is 1.48 bits per heavy atom. The Kier molecular flexibility index (Phi) is 5.64. The molecule has 0 N–H and O–H groups in total. The van der Waals surface area contributed by atoms with Crippen molar-refractivity contribution in [1.82, 2.24) is 0 Å². The van der Waals surface area contributed by atoms with Crippen LogP contribution in [0.5, 0.6) is 0 Å². The number of para-hydroxylation sites is 1. The molecule has 4 aromatic rings. The van der Waals surface area contributed by atoms with Crippen LogP contribution in [-0.2, 0) is 0 Å². The zero-order chi connectivity index (χ0) is 27.8. The van der Waals surface area contributed by atoms with Gasteiger partial charge in [-0.25, -0.2) is 0 Å². The van der Waals surface area contributed by atoms with Crippen LogP contribution in [-0.4, -0.2) is 29.4 Å². The van der Waals surface area contributed by atoms with Gasteiger partial charge >= 0.3 is 0 Å². The Hall–Kier alpha value is -3.99. The van der Waals surface area contributed by atoms with E-state index in [1.807, 2.05) is 60.4 Å². The summed E-state index contributed by atoms with van der Waals surface area (Å²) in [5, 5.41) is 0.741. The Balaban J connectivity index is 1.56. The smallest absolute Gasteiger partial charge is 0.185 e. The van der Waals surface area contributed by atoms with Gasteiger partial charge in [0.2, 0.25) is 0 Å². The van der Waals surface area contributed by atoms with Crippen molar-refractivity contribution >= 4 is 52.3 Å². The van der Waals surface area contributed by atoms with Crippen molar-refractivity contribution in [3.05, 3.63) is 140 Å². The van der Waals surface area contributed by atoms with E-state index in [0.717, 1.165) is 16.8 Å². The van der Waals surface area contributed by atoms with Crippen LogP contribution in [0.1, 0.15) is 53.7 Å². The molecule has 4 nitrogen and oxygen atoms in total. The number of nitrogens with zero attached hydrogens (tertiary/aromatic N) is 1. The Morgan fingerprint density at radius 1 is 0.825 bits per heavy atom. The van der Waals surface area contributed by atoms with Crippen LogP contribution in [0.4, 0.5) is 5.69 Å². The standard InChI is InChI=1S/C34H23Cl2NO3/c1-19-10-12-21(13-11-19)31(38)30-29(25-16-15-22(35)18-26(25)36)34(32(39)23-7-3-4-8-24(23)33(34)40)28-17-14-20-6-2-5-9-27(20)37(28)30/h2-18,28-30H,1H3/t28-,29+,30-/m0/s1. The van der Waals surface area contributed by atoms with E-state index in [1.54, 1.807) is 54.6 Å². The van der Waals surface area contributed by atoms with Crippen molar-refractivity contribution in [2.24, 2.45) is 5.41 Å². The number of fused-ring (bicyclic) bond motifs is 5. The third-order valence-electron chi connectivity index (χ3n) is 8.62. The molecule has 2 heterocycles. The van der Waals surface area contributed by atoms with E-state index in [1.165, 1.54) is 0 Å². The number of carbonyl (C=O) groups is 3. The number of Topliss-reactive ketones (excluding diaryl/α,β-unsaturated/α-hetero) is 3. The van der Waals surface area contributed by atoms with E-state index in [-0.39, 0.29) is 17.3 Å². The molecule has 1 aliphatic carbocycles. The van der Waals surface area contributed by atoms with Crippen LogP contribution in [0.25, 0.3) is 6.08 Å². The number of benzene rings is 4. The molecule has 2 aliphatic heterocycles. The number of anilines is 1. The van der Waals surface area contributed by atoms with Crippen LogP contribution in [0.15, 0.2) is 97.1 Å². The molecule has 7 rings (SSSR count). The molecule has 196 valence electrons. The van der Waals surface area contributed by atoms with Crippen LogP contribution >= 0.6 is 23.2 Å². The van der Waals surface area contributed by atoms with E-state index in [4.69, 9.17) is 23.2 Å². The van der Waals surface area contributed by atoms with Crippen LogP contribution < -0.4 is 4.90 Å². The van der Waals surface area contributed by atoms with Gasteiger partial charge in [0, 0.05) is 38.3 Å². The van der Waals surface area contributed by atoms with Gasteiger partial charge in [0.1, 0.15) is 11.5 Å². The molecule has 4 aromatic carbocycles. The van der Waals surface area contributed by atoms with Gasteiger partial charge in [-0.2, -0.15) is 0 Å². The van der Waals surface area contributed by atoms with Crippen LogP contribution in [0.2, 0.25) is 10.0 Å². The third-order valence-corrected chi connectivity index (χ3v) is 9.18. The molecule has 0 radical (unpaired) electrons. The molecule has 0 amide bonds. The highest BCUT2D eigenvalue weighted by atomic mass is 35.5. The lowest BCUT2D eigenvalue weighted by Gasteiger charge is -2.37. The lowest BCUT2D eigenvalue weighted by molar-refractivity contribution is 0.0666. The van der Waals surface area contributed by atoms with E-state index in [0.29, 0.717) is 32.3 Å². The summed E-state index contributed by atoms with van der Waals surface area (Å²) in [6, 6.07) is 25.5. The zero-order valence-electron chi connectivity index (χ0n) is 21.5. The summed E-state index contributed by atoms with van der Waals surface area (Å²) in [7, 11) is 0. The maximum Gasteiger partial charge on any atom is 0.185 e. The summed E-state index contributed by atoms with van der Waals surface area (Å²) in [5.74, 6) is -1.64. The second-order valence-corrected chi connectivity index (χ2v) is 11.5.